The molecule has 0 aliphatic heterocycles. The second kappa shape index (κ2) is 5.59. The third-order valence-electron chi connectivity index (χ3n) is 1.55. The molecule has 0 saturated carbocycles. The van der Waals surface area contributed by atoms with Gasteiger partial charge in [-0.05, 0) is 39.8 Å². The first kappa shape index (κ1) is 13.8. The Labute approximate surface area is 92.2 Å². The smallest absolute Gasteiger partial charge is 0.248 e. The zero-order chi connectivity index (χ0) is 10.5. The van der Waals surface area contributed by atoms with Crippen LogP contribution in [0.3, 0.4) is 0 Å². The molecule has 0 fully saturated rings. The minimum Gasteiger partial charge on any atom is -0.376 e. The Morgan fingerprint density at radius 2 is 1.69 bits per heavy atom. The predicted octanol–water partition coefficient (Wildman–Crippen LogP) is 4.13. The quantitative estimate of drug-likeness (QED) is 0.401. The standard InChI is InChI=1S/C9H20Cl2OSi/c1-9(2,3)12-7-5-6-8-13(4,10)11/h5-8H2,1-4H3. The van der Waals surface area contributed by atoms with Crippen LogP contribution in [0.2, 0.25) is 12.6 Å². The zero-order valence-electron chi connectivity index (χ0n) is 8.99. The Balaban J connectivity index is 3.28. The van der Waals surface area contributed by atoms with Crippen molar-refractivity contribution in [2.24, 2.45) is 0 Å². The van der Waals surface area contributed by atoms with Gasteiger partial charge in [0.15, 0.2) is 0 Å². The lowest BCUT2D eigenvalue weighted by molar-refractivity contribution is -0.00416. The van der Waals surface area contributed by atoms with Crippen LogP contribution in [0.15, 0.2) is 0 Å². The SMILES string of the molecule is CC(C)(C)OCCCC[Si](C)(Cl)Cl. The molecule has 80 valence electrons. The minimum absolute atomic E-state index is 0.0251. The molecular formula is C9H20Cl2OSi. The molecule has 0 aliphatic carbocycles. The van der Waals surface area contributed by atoms with E-state index >= 15 is 0 Å². The fourth-order valence-corrected chi connectivity index (χ4v) is 2.59. The van der Waals surface area contributed by atoms with Gasteiger partial charge in [-0.15, -0.1) is 22.2 Å². The lowest BCUT2D eigenvalue weighted by Crippen LogP contribution is -2.20. The van der Waals surface area contributed by atoms with Gasteiger partial charge >= 0.3 is 0 Å². The Hall–Kier alpha value is 0.757. The largest absolute Gasteiger partial charge is 0.376 e. The van der Waals surface area contributed by atoms with Crippen molar-refractivity contribution in [1.29, 1.82) is 0 Å². The molecule has 0 aromatic carbocycles. The summed E-state index contributed by atoms with van der Waals surface area (Å²) in [5.41, 5.74) is -0.0251. The maximum atomic E-state index is 5.97. The maximum absolute atomic E-state index is 5.97. The highest BCUT2D eigenvalue weighted by molar-refractivity contribution is 7.44. The molecule has 1 nitrogen and oxygen atoms in total. The molecule has 0 aromatic heterocycles. The lowest BCUT2D eigenvalue weighted by Gasteiger charge is -2.19. The first-order valence-corrected chi connectivity index (χ1v) is 9.46. The molecule has 4 heteroatoms. The third-order valence-corrected chi connectivity index (χ3v) is 3.91. The van der Waals surface area contributed by atoms with Crippen molar-refractivity contribution in [1.82, 2.24) is 0 Å². The third kappa shape index (κ3) is 12.8. The van der Waals surface area contributed by atoms with Crippen molar-refractivity contribution < 1.29 is 4.74 Å². The second-order valence-corrected chi connectivity index (χ2v) is 12.7. The van der Waals surface area contributed by atoms with Crippen LogP contribution in [0, 0.1) is 0 Å². The topological polar surface area (TPSA) is 9.23 Å². The van der Waals surface area contributed by atoms with E-state index in [1.807, 2.05) is 6.55 Å². The Bertz CT molecular complexity index is 122. The molecule has 0 bridgehead atoms. The highest BCUT2D eigenvalue weighted by Crippen LogP contribution is 2.22. The van der Waals surface area contributed by atoms with Crippen molar-refractivity contribution in [3.05, 3.63) is 0 Å². The van der Waals surface area contributed by atoms with E-state index < -0.39 is 6.69 Å². The van der Waals surface area contributed by atoms with E-state index in [0.29, 0.717) is 0 Å². The van der Waals surface area contributed by atoms with Crippen molar-refractivity contribution in [2.75, 3.05) is 6.61 Å². The van der Waals surface area contributed by atoms with Gasteiger partial charge in [0.1, 0.15) is 0 Å². The van der Waals surface area contributed by atoms with Gasteiger partial charge in [0, 0.05) is 6.61 Å². The van der Waals surface area contributed by atoms with Gasteiger partial charge in [0.05, 0.1) is 5.60 Å². The fourth-order valence-electron chi connectivity index (χ4n) is 0.916. The van der Waals surface area contributed by atoms with E-state index in [4.69, 9.17) is 26.9 Å². The average molecular weight is 243 g/mol. The van der Waals surface area contributed by atoms with E-state index in [2.05, 4.69) is 20.8 Å². The monoisotopic (exact) mass is 242 g/mol. The highest BCUT2D eigenvalue weighted by atomic mass is 35.7. The van der Waals surface area contributed by atoms with Crippen LogP contribution in [0.1, 0.15) is 33.6 Å². The van der Waals surface area contributed by atoms with Crippen LogP contribution in [-0.2, 0) is 4.74 Å². The van der Waals surface area contributed by atoms with Crippen LogP contribution >= 0.6 is 22.2 Å². The molecule has 0 aliphatic rings. The molecular weight excluding hydrogens is 223 g/mol. The van der Waals surface area contributed by atoms with Crippen molar-refractivity contribution in [3.63, 3.8) is 0 Å². The van der Waals surface area contributed by atoms with E-state index in [1.165, 1.54) is 0 Å². The van der Waals surface area contributed by atoms with Crippen molar-refractivity contribution in [3.8, 4) is 0 Å². The van der Waals surface area contributed by atoms with Gasteiger partial charge in [-0.3, -0.25) is 0 Å². The summed E-state index contributed by atoms with van der Waals surface area (Å²) in [7, 11) is 0. The lowest BCUT2D eigenvalue weighted by atomic mass is 10.2. The molecule has 0 radical (unpaired) electrons. The molecule has 0 aromatic rings. The molecule has 0 N–H and O–H groups in total. The summed E-state index contributed by atoms with van der Waals surface area (Å²) >= 11 is 11.9. The van der Waals surface area contributed by atoms with Gasteiger partial charge in [-0.25, -0.2) is 0 Å². The van der Waals surface area contributed by atoms with Crippen molar-refractivity contribution in [2.45, 2.75) is 51.8 Å². The van der Waals surface area contributed by atoms with Crippen molar-refractivity contribution >= 4 is 28.9 Å². The normalized spacial score (nSPS) is 13.4. The Morgan fingerprint density at radius 1 is 1.15 bits per heavy atom. The summed E-state index contributed by atoms with van der Waals surface area (Å²) in [6.45, 7) is 7.10. The summed E-state index contributed by atoms with van der Waals surface area (Å²) in [6, 6.07) is 0.962. The zero-order valence-corrected chi connectivity index (χ0v) is 11.5. The molecule has 0 spiro atoms. The average Bonchev–Trinajstić information content (AvgIpc) is 1.81. The summed E-state index contributed by atoms with van der Waals surface area (Å²) in [6.07, 6.45) is 2.13. The number of hydrogen-bond donors (Lipinski definition) is 0. The van der Waals surface area contributed by atoms with Crippen LogP contribution in [-0.4, -0.2) is 18.9 Å². The summed E-state index contributed by atoms with van der Waals surface area (Å²) in [4.78, 5) is 0. The van der Waals surface area contributed by atoms with Gasteiger partial charge in [-0.1, -0.05) is 6.42 Å². The van der Waals surface area contributed by atoms with Crippen LogP contribution in [0.25, 0.3) is 0 Å². The number of unbranched alkanes of at least 4 members (excludes halogenated alkanes) is 1. The highest BCUT2D eigenvalue weighted by Gasteiger charge is 2.19. The molecule has 0 atom stereocenters. The number of hydrogen-bond acceptors (Lipinski definition) is 1. The van der Waals surface area contributed by atoms with Crippen LogP contribution < -0.4 is 0 Å². The van der Waals surface area contributed by atoms with Crippen LogP contribution in [0.4, 0.5) is 0 Å². The Morgan fingerprint density at radius 3 is 2.08 bits per heavy atom. The van der Waals surface area contributed by atoms with Gasteiger partial charge < -0.3 is 4.74 Å². The predicted molar refractivity (Wildman–Crippen MR) is 63.1 cm³/mol. The van der Waals surface area contributed by atoms with E-state index in [1.54, 1.807) is 0 Å². The van der Waals surface area contributed by atoms with E-state index in [9.17, 15) is 0 Å². The minimum atomic E-state index is -1.86. The summed E-state index contributed by atoms with van der Waals surface area (Å²) < 4.78 is 5.57. The first-order chi connectivity index (χ1) is 5.71. The maximum Gasteiger partial charge on any atom is 0.248 e. The number of ether oxygens (including phenoxy) is 1. The van der Waals surface area contributed by atoms with Gasteiger partial charge in [-0.2, -0.15) is 0 Å². The summed E-state index contributed by atoms with van der Waals surface area (Å²) in [5, 5.41) is 0. The second-order valence-electron chi connectivity index (χ2n) is 4.49. The molecule has 0 rings (SSSR count). The van der Waals surface area contributed by atoms with Gasteiger partial charge in [0.2, 0.25) is 6.69 Å². The fraction of sp³-hybridized carbons (Fsp3) is 1.00. The van der Waals surface area contributed by atoms with Gasteiger partial charge in [0.25, 0.3) is 0 Å². The summed E-state index contributed by atoms with van der Waals surface area (Å²) in [5.74, 6) is 0. The first-order valence-electron chi connectivity index (χ1n) is 4.72. The van der Waals surface area contributed by atoms with E-state index in [0.717, 1.165) is 25.5 Å². The van der Waals surface area contributed by atoms with E-state index in [-0.39, 0.29) is 5.60 Å². The molecule has 0 saturated heterocycles. The Kier molecular flexibility index (Phi) is 5.92. The molecule has 13 heavy (non-hydrogen) atoms. The molecule has 0 amide bonds. The number of halogens is 2. The van der Waals surface area contributed by atoms with Crippen LogP contribution in [0.5, 0.6) is 0 Å². The molecule has 0 heterocycles. The number of rotatable bonds is 5. The molecule has 0 unspecified atom stereocenters.